The molecule has 0 spiro atoms. The monoisotopic (exact) mass is 746 g/mol. The fourth-order valence-electron chi connectivity index (χ4n) is 7.15. The van der Waals surface area contributed by atoms with Gasteiger partial charge >= 0.3 is 0 Å². The molecule has 0 aromatic heterocycles. The lowest BCUT2D eigenvalue weighted by molar-refractivity contribution is -0.137. The van der Waals surface area contributed by atoms with Crippen LogP contribution in [0.15, 0.2) is 103 Å². The first-order chi connectivity index (χ1) is 26.3. The fraction of sp³-hybridized carbons (Fsp3) is 0.318. The molecule has 4 aromatic rings. The number of amides is 4. The number of alkyl halides is 1. The Morgan fingerprint density at radius 1 is 0.852 bits per heavy atom. The van der Waals surface area contributed by atoms with E-state index >= 15 is 0 Å². The molecule has 4 aromatic carbocycles. The van der Waals surface area contributed by atoms with Gasteiger partial charge < -0.3 is 19.9 Å². The lowest BCUT2D eigenvalue weighted by Gasteiger charge is -2.29. The van der Waals surface area contributed by atoms with E-state index < -0.39 is 11.9 Å². The van der Waals surface area contributed by atoms with E-state index in [2.05, 4.69) is 59.2 Å². The Morgan fingerprint density at radius 2 is 1.56 bits per heavy atom. The van der Waals surface area contributed by atoms with E-state index in [0.717, 1.165) is 64.9 Å². The van der Waals surface area contributed by atoms with Gasteiger partial charge in [-0.05, 0) is 77.8 Å². The van der Waals surface area contributed by atoms with Crippen LogP contribution in [0.25, 0.3) is 11.1 Å². The van der Waals surface area contributed by atoms with Crippen LogP contribution >= 0.6 is 11.6 Å². The summed E-state index contributed by atoms with van der Waals surface area (Å²) < 4.78 is 6.05. The molecule has 1 saturated heterocycles. The second-order valence-electron chi connectivity index (χ2n) is 13.7. The third-order valence-corrected chi connectivity index (χ3v) is 10.2. The first kappa shape index (κ1) is 38.3. The summed E-state index contributed by atoms with van der Waals surface area (Å²) in [6.45, 7) is 1.90. The van der Waals surface area contributed by atoms with Crippen molar-refractivity contribution in [3.8, 4) is 5.75 Å². The van der Waals surface area contributed by atoms with Gasteiger partial charge in [0.25, 0.3) is 5.91 Å². The highest BCUT2D eigenvalue weighted by molar-refractivity contribution is 6.18. The number of carbonyl (C=O) groups excluding carboxylic acids is 4. The molecular formula is C44H47ClN4O5. The maximum absolute atomic E-state index is 13.1. The number of rotatable bonds is 17. The van der Waals surface area contributed by atoms with Crippen molar-refractivity contribution < 1.29 is 23.9 Å². The molecule has 0 aliphatic carbocycles. The van der Waals surface area contributed by atoms with Crippen LogP contribution in [0.5, 0.6) is 5.75 Å². The molecule has 6 rings (SSSR count). The summed E-state index contributed by atoms with van der Waals surface area (Å²) in [5.74, 6) is 0.445. The standard InChI is InChI=1S/C44H47ClN4O5/c1-48(28-29-54-34-21-19-33(20-22-34)42(32-14-7-3-8-15-32)35(25-26-45)31-12-5-2-6-13-31)41(51)18-9-4-10-27-46-38-17-11-16-36-37(38)30-49(44(36)53)39-23-24-40(50)47-43(39)52/h2-3,5-8,11-17,19-22,39,46H,4,9-10,18,23-30H2,1H3,(H,47,50,52). The molecule has 2 heterocycles. The highest BCUT2D eigenvalue weighted by Gasteiger charge is 2.39. The normalized spacial score (nSPS) is 15.7. The number of allylic oxidation sites excluding steroid dienone is 1. The highest BCUT2D eigenvalue weighted by Crippen LogP contribution is 2.36. The molecule has 1 atom stereocenters. The van der Waals surface area contributed by atoms with Crippen molar-refractivity contribution in [3.05, 3.63) is 131 Å². The number of nitrogens with one attached hydrogen (secondary N) is 2. The van der Waals surface area contributed by atoms with Gasteiger partial charge in [0.15, 0.2) is 0 Å². The summed E-state index contributed by atoms with van der Waals surface area (Å²) in [5.41, 5.74) is 8.03. The predicted molar refractivity (Wildman–Crippen MR) is 213 cm³/mol. The maximum atomic E-state index is 13.1. The van der Waals surface area contributed by atoms with E-state index in [0.29, 0.717) is 50.5 Å². The molecule has 2 N–H and O–H groups in total. The molecule has 9 nitrogen and oxygen atoms in total. The van der Waals surface area contributed by atoms with Gasteiger partial charge in [-0.15, -0.1) is 11.6 Å². The van der Waals surface area contributed by atoms with Crippen molar-refractivity contribution in [2.75, 3.05) is 37.9 Å². The quantitative estimate of drug-likeness (QED) is 0.0501. The van der Waals surface area contributed by atoms with Crippen molar-refractivity contribution in [2.24, 2.45) is 0 Å². The molecule has 280 valence electrons. The zero-order valence-corrected chi connectivity index (χ0v) is 31.4. The number of likely N-dealkylation sites (N-methyl/N-ethyl adjacent to an activating group) is 1. The molecule has 10 heteroatoms. The summed E-state index contributed by atoms with van der Waals surface area (Å²) >= 11 is 6.30. The average Bonchev–Trinajstić information content (AvgIpc) is 3.53. The molecule has 4 amide bonds. The number of carbonyl (C=O) groups is 4. The molecule has 0 bridgehead atoms. The topological polar surface area (TPSA) is 108 Å². The van der Waals surface area contributed by atoms with Crippen molar-refractivity contribution in [1.29, 1.82) is 0 Å². The van der Waals surface area contributed by atoms with Crippen molar-refractivity contribution >= 4 is 52.1 Å². The van der Waals surface area contributed by atoms with Gasteiger partial charge in [0, 0.05) is 55.7 Å². The SMILES string of the molecule is CN(CCOc1ccc(C(=C(CCCl)c2ccccc2)c2ccccc2)cc1)C(=O)CCCCCNc1cccc2c1CN(C1CCC(=O)NC1=O)C2=O. The Bertz CT molecular complexity index is 1970. The van der Waals surface area contributed by atoms with Gasteiger partial charge in [-0.2, -0.15) is 0 Å². The van der Waals surface area contributed by atoms with Gasteiger partial charge in [-0.1, -0.05) is 85.3 Å². The van der Waals surface area contributed by atoms with E-state index in [-0.39, 0.29) is 24.1 Å². The Kier molecular flexibility index (Phi) is 13.2. The Hall–Kier alpha value is -5.41. The van der Waals surface area contributed by atoms with Gasteiger partial charge in [-0.3, -0.25) is 24.5 Å². The molecule has 2 aliphatic rings. The van der Waals surface area contributed by atoms with Crippen LogP contribution in [0.2, 0.25) is 0 Å². The minimum Gasteiger partial charge on any atom is -0.492 e. The van der Waals surface area contributed by atoms with E-state index in [1.807, 2.05) is 55.6 Å². The molecule has 0 saturated carbocycles. The van der Waals surface area contributed by atoms with E-state index in [1.54, 1.807) is 15.9 Å². The van der Waals surface area contributed by atoms with Gasteiger partial charge in [0.1, 0.15) is 18.4 Å². The molecule has 2 aliphatic heterocycles. The number of hydrogen-bond acceptors (Lipinski definition) is 6. The van der Waals surface area contributed by atoms with Crippen LogP contribution in [-0.2, 0) is 20.9 Å². The summed E-state index contributed by atoms with van der Waals surface area (Å²) in [6, 6.07) is 33.8. The van der Waals surface area contributed by atoms with Gasteiger partial charge in [0.05, 0.1) is 6.54 Å². The van der Waals surface area contributed by atoms with Gasteiger partial charge in [0.2, 0.25) is 17.7 Å². The first-order valence-corrected chi connectivity index (χ1v) is 19.2. The van der Waals surface area contributed by atoms with Crippen molar-refractivity contribution in [1.82, 2.24) is 15.1 Å². The molecule has 0 radical (unpaired) electrons. The van der Waals surface area contributed by atoms with Crippen LogP contribution in [0.3, 0.4) is 0 Å². The summed E-state index contributed by atoms with van der Waals surface area (Å²) in [4.78, 5) is 53.2. The highest BCUT2D eigenvalue weighted by atomic mass is 35.5. The third kappa shape index (κ3) is 9.38. The minimum absolute atomic E-state index is 0.0835. The van der Waals surface area contributed by atoms with Crippen LogP contribution in [-0.4, -0.2) is 72.1 Å². The first-order valence-electron chi connectivity index (χ1n) is 18.7. The number of hydrogen-bond donors (Lipinski definition) is 2. The van der Waals surface area contributed by atoms with Crippen molar-refractivity contribution in [2.45, 2.75) is 57.5 Å². The molecule has 1 unspecified atom stereocenters. The predicted octanol–water partition coefficient (Wildman–Crippen LogP) is 7.55. The number of benzene rings is 4. The fourth-order valence-corrected chi connectivity index (χ4v) is 7.34. The number of piperidine rings is 1. The number of fused-ring (bicyclic) bond motifs is 1. The Balaban J connectivity index is 0.935. The number of nitrogens with zero attached hydrogens (tertiary/aromatic N) is 2. The number of ether oxygens (including phenoxy) is 1. The van der Waals surface area contributed by atoms with E-state index in [1.165, 1.54) is 5.57 Å². The maximum Gasteiger partial charge on any atom is 0.255 e. The Morgan fingerprint density at radius 3 is 2.26 bits per heavy atom. The lowest BCUT2D eigenvalue weighted by Crippen LogP contribution is -2.52. The van der Waals surface area contributed by atoms with Crippen LogP contribution < -0.4 is 15.4 Å². The second-order valence-corrected chi connectivity index (χ2v) is 14.1. The van der Waals surface area contributed by atoms with Crippen LogP contribution in [0.1, 0.15) is 77.6 Å². The number of halogens is 1. The second kappa shape index (κ2) is 18.6. The zero-order valence-electron chi connectivity index (χ0n) is 30.7. The summed E-state index contributed by atoms with van der Waals surface area (Å²) in [5, 5.41) is 5.79. The Labute approximate surface area is 322 Å². The summed E-state index contributed by atoms with van der Waals surface area (Å²) in [6.07, 6.45) is 4.27. The van der Waals surface area contributed by atoms with Crippen LogP contribution in [0, 0.1) is 0 Å². The van der Waals surface area contributed by atoms with Crippen LogP contribution in [0.4, 0.5) is 5.69 Å². The lowest BCUT2D eigenvalue weighted by atomic mass is 9.88. The van der Waals surface area contributed by atoms with E-state index in [9.17, 15) is 19.2 Å². The minimum atomic E-state index is -0.638. The molecule has 1 fully saturated rings. The van der Waals surface area contributed by atoms with Gasteiger partial charge in [-0.25, -0.2) is 0 Å². The third-order valence-electron chi connectivity index (χ3n) is 10.1. The largest absolute Gasteiger partial charge is 0.492 e. The number of unbranched alkanes of at least 4 members (excludes halogenated alkanes) is 2. The number of imide groups is 1. The molecule has 54 heavy (non-hydrogen) atoms. The zero-order chi connectivity index (χ0) is 37.9. The smallest absolute Gasteiger partial charge is 0.255 e. The molecular weight excluding hydrogens is 700 g/mol. The van der Waals surface area contributed by atoms with Crippen molar-refractivity contribution in [3.63, 3.8) is 0 Å². The average molecular weight is 747 g/mol. The summed E-state index contributed by atoms with van der Waals surface area (Å²) in [7, 11) is 1.81. The van der Waals surface area contributed by atoms with E-state index in [4.69, 9.17) is 16.3 Å². The number of anilines is 1.